The van der Waals surface area contributed by atoms with E-state index in [9.17, 15) is 24.3 Å². The summed E-state index contributed by atoms with van der Waals surface area (Å²) in [6.07, 6.45) is 15.5. The van der Waals surface area contributed by atoms with Crippen molar-refractivity contribution in [2.45, 2.75) is 141 Å². The van der Waals surface area contributed by atoms with Crippen molar-refractivity contribution in [3.63, 3.8) is 0 Å². The topological polar surface area (TPSA) is 166 Å². The van der Waals surface area contributed by atoms with Crippen molar-refractivity contribution in [3.8, 4) is 5.75 Å². The van der Waals surface area contributed by atoms with E-state index in [1.807, 2.05) is 6.92 Å². The average Bonchev–Trinajstić information content (AvgIpc) is 3.91. The Balaban J connectivity index is 1.02. The van der Waals surface area contributed by atoms with Crippen LogP contribution in [0.25, 0.3) is 0 Å². The molecule has 0 radical (unpaired) electrons. The summed E-state index contributed by atoms with van der Waals surface area (Å²) in [6, 6.07) is 4.45. The number of carboxylic acid groups (broad SMARTS) is 1. The maximum atomic E-state index is 13.4. The number of ether oxygens (including phenoxy) is 1. The van der Waals surface area contributed by atoms with Crippen molar-refractivity contribution in [1.82, 2.24) is 20.6 Å². The second-order valence-electron chi connectivity index (χ2n) is 16.6. The number of aromatic nitrogens is 2. The molecule has 0 spiro atoms. The quantitative estimate of drug-likeness (QED) is 0.151. The zero-order chi connectivity index (χ0) is 39.2. The number of nitrogens with one attached hydrogen (secondary N) is 3. The van der Waals surface area contributed by atoms with E-state index in [1.54, 1.807) is 43.5 Å². The summed E-state index contributed by atoms with van der Waals surface area (Å²) in [4.78, 5) is 65.2. The minimum absolute atomic E-state index is 0.0274. The van der Waals surface area contributed by atoms with Crippen molar-refractivity contribution in [1.29, 1.82) is 0 Å². The van der Waals surface area contributed by atoms with Gasteiger partial charge in [-0.2, -0.15) is 4.98 Å². The number of carboxylic acids is 1. The fraction of sp³-hybridized carbons (Fsp3) is 0.667. The number of likely N-dealkylation sites (N-methyl/N-ethyl adjacent to an activating group) is 1. The molecule has 2 heterocycles. The highest BCUT2D eigenvalue weighted by Crippen LogP contribution is 2.41. The smallest absolute Gasteiger partial charge is 0.326 e. The van der Waals surface area contributed by atoms with E-state index in [1.165, 1.54) is 0 Å². The first kappa shape index (κ1) is 40.2. The Morgan fingerprint density at radius 1 is 1.00 bits per heavy atom. The number of hydrogen-bond acceptors (Lipinski definition) is 9. The number of methoxy groups -OCH3 is 1. The summed E-state index contributed by atoms with van der Waals surface area (Å²) in [5, 5.41) is 19.4. The van der Waals surface area contributed by atoms with Crippen LogP contribution >= 0.6 is 0 Å². The number of benzene rings is 1. The van der Waals surface area contributed by atoms with E-state index in [-0.39, 0.29) is 47.7 Å². The lowest BCUT2D eigenvalue weighted by Gasteiger charge is -2.43. The Bertz CT molecular complexity index is 1680. The van der Waals surface area contributed by atoms with Crippen LogP contribution in [0.3, 0.4) is 0 Å². The lowest BCUT2D eigenvalue weighted by Crippen LogP contribution is -2.55. The van der Waals surface area contributed by atoms with Gasteiger partial charge >= 0.3 is 5.97 Å². The van der Waals surface area contributed by atoms with Crippen LogP contribution in [0.4, 0.5) is 23.1 Å². The second kappa shape index (κ2) is 18.0. The molecular weight excluding hydrogens is 699 g/mol. The van der Waals surface area contributed by atoms with Crippen molar-refractivity contribution < 1.29 is 29.0 Å². The molecule has 13 nitrogen and oxygen atoms in total. The molecule has 2 aromatic rings. The molecule has 1 aromatic carbocycles. The third kappa shape index (κ3) is 9.18. The highest BCUT2D eigenvalue weighted by Gasteiger charge is 2.42. The summed E-state index contributed by atoms with van der Waals surface area (Å²) in [6.45, 7) is 6.17. The molecule has 3 fully saturated rings. The lowest BCUT2D eigenvalue weighted by atomic mass is 9.77. The SMILES string of the molecule is CC[C@H]1C(=O)N(C)c2cnc(Nc3ccc(C(=O)NC4CCC(CCC(=O)N[C@@H](C(=O)O)C(C(C)C)C5CCCC5)CC4)cc3OC)nc2N1C1CCCC1. The van der Waals surface area contributed by atoms with Crippen LogP contribution in [0.2, 0.25) is 0 Å². The summed E-state index contributed by atoms with van der Waals surface area (Å²) >= 11 is 0. The molecular formula is C42H61N7O6. The molecule has 1 unspecified atom stereocenters. The first-order valence-electron chi connectivity index (χ1n) is 20.7. The van der Waals surface area contributed by atoms with Gasteiger partial charge in [-0.3, -0.25) is 14.4 Å². The highest BCUT2D eigenvalue weighted by atomic mass is 16.5. The molecule has 3 aliphatic carbocycles. The van der Waals surface area contributed by atoms with E-state index in [0.717, 1.165) is 82.9 Å². The van der Waals surface area contributed by atoms with Crippen molar-refractivity contribution in [2.75, 3.05) is 29.3 Å². The van der Waals surface area contributed by atoms with Gasteiger partial charge in [0.1, 0.15) is 23.5 Å². The van der Waals surface area contributed by atoms with Gasteiger partial charge in [-0.1, -0.05) is 59.3 Å². The predicted molar refractivity (Wildman–Crippen MR) is 213 cm³/mol. The van der Waals surface area contributed by atoms with E-state index < -0.39 is 12.0 Å². The van der Waals surface area contributed by atoms with Crippen LogP contribution in [0.1, 0.15) is 127 Å². The lowest BCUT2D eigenvalue weighted by molar-refractivity contribution is -0.145. The molecule has 4 N–H and O–H groups in total. The van der Waals surface area contributed by atoms with Gasteiger partial charge in [-0.05, 0) is 93.2 Å². The van der Waals surface area contributed by atoms with Gasteiger partial charge in [0.25, 0.3) is 5.91 Å². The molecule has 1 aromatic heterocycles. The van der Waals surface area contributed by atoms with Crippen LogP contribution in [-0.4, -0.2) is 77.1 Å². The van der Waals surface area contributed by atoms with Crippen LogP contribution in [0.5, 0.6) is 5.75 Å². The van der Waals surface area contributed by atoms with Crippen LogP contribution < -0.4 is 30.5 Å². The zero-order valence-electron chi connectivity index (χ0n) is 33.3. The number of anilines is 4. The summed E-state index contributed by atoms with van der Waals surface area (Å²) < 4.78 is 5.70. The van der Waals surface area contributed by atoms with E-state index >= 15 is 0 Å². The molecule has 4 aliphatic rings. The Labute approximate surface area is 325 Å². The Morgan fingerprint density at radius 2 is 1.69 bits per heavy atom. The molecule has 3 amide bonds. The molecule has 6 rings (SSSR count). The number of hydrogen-bond donors (Lipinski definition) is 4. The highest BCUT2D eigenvalue weighted by molar-refractivity contribution is 6.04. The Hall–Kier alpha value is -4.42. The fourth-order valence-electron chi connectivity index (χ4n) is 9.81. The number of amides is 3. The number of fused-ring (bicyclic) bond motifs is 1. The largest absolute Gasteiger partial charge is 0.495 e. The normalized spacial score (nSPS) is 23.0. The third-order valence-corrected chi connectivity index (χ3v) is 12.8. The number of nitrogens with zero attached hydrogens (tertiary/aromatic N) is 4. The molecule has 0 bridgehead atoms. The minimum Gasteiger partial charge on any atom is -0.495 e. The second-order valence-corrected chi connectivity index (χ2v) is 16.6. The van der Waals surface area contributed by atoms with E-state index in [0.29, 0.717) is 59.7 Å². The van der Waals surface area contributed by atoms with Gasteiger partial charge in [0.05, 0.1) is 19.0 Å². The number of aliphatic carboxylic acids is 1. The number of rotatable bonds is 15. The third-order valence-electron chi connectivity index (χ3n) is 12.8. The average molecular weight is 760 g/mol. The minimum atomic E-state index is -0.939. The van der Waals surface area contributed by atoms with Gasteiger partial charge < -0.3 is 35.6 Å². The number of carbonyl (C=O) groups is 4. The van der Waals surface area contributed by atoms with Crippen LogP contribution in [0, 0.1) is 23.7 Å². The van der Waals surface area contributed by atoms with Gasteiger partial charge in [0.15, 0.2) is 5.82 Å². The fourth-order valence-corrected chi connectivity index (χ4v) is 9.81. The maximum absolute atomic E-state index is 13.4. The van der Waals surface area contributed by atoms with Crippen molar-refractivity contribution in [3.05, 3.63) is 30.0 Å². The zero-order valence-corrected chi connectivity index (χ0v) is 33.3. The molecule has 3 atom stereocenters. The van der Waals surface area contributed by atoms with Gasteiger partial charge in [0, 0.05) is 31.1 Å². The molecule has 300 valence electrons. The van der Waals surface area contributed by atoms with Crippen LogP contribution in [-0.2, 0) is 14.4 Å². The molecule has 1 aliphatic heterocycles. The van der Waals surface area contributed by atoms with Gasteiger partial charge in [0.2, 0.25) is 17.8 Å². The Morgan fingerprint density at radius 3 is 2.33 bits per heavy atom. The molecule has 3 saturated carbocycles. The van der Waals surface area contributed by atoms with Crippen molar-refractivity contribution in [2.24, 2.45) is 23.7 Å². The first-order chi connectivity index (χ1) is 26.5. The van der Waals surface area contributed by atoms with Gasteiger partial charge in [-0.15, -0.1) is 0 Å². The Kier molecular flexibility index (Phi) is 13.2. The maximum Gasteiger partial charge on any atom is 0.326 e. The van der Waals surface area contributed by atoms with E-state index in [2.05, 4.69) is 39.7 Å². The summed E-state index contributed by atoms with van der Waals surface area (Å²) in [5.41, 5.74) is 1.80. The number of carbonyl (C=O) groups excluding carboxylic acids is 3. The summed E-state index contributed by atoms with van der Waals surface area (Å²) in [5.74, 6) is 1.21. The van der Waals surface area contributed by atoms with Crippen LogP contribution in [0.15, 0.2) is 24.4 Å². The molecule has 0 saturated heterocycles. The monoisotopic (exact) mass is 759 g/mol. The van der Waals surface area contributed by atoms with Gasteiger partial charge in [-0.25, -0.2) is 9.78 Å². The summed E-state index contributed by atoms with van der Waals surface area (Å²) in [7, 11) is 3.34. The molecule has 13 heteroatoms. The molecule has 55 heavy (non-hydrogen) atoms. The van der Waals surface area contributed by atoms with E-state index in [4.69, 9.17) is 9.72 Å². The van der Waals surface area contributed by atoms with Crippen molar-refractivity contribution >= 4 is 46.8 Å². The predicted octanol–water partition coefficient (Wildman–Crippen LogP) is 6.83. The standard InChI is InChI=1S/C42H61N7O6/c1-6-32-40(52)48(4)33-24-43-42(47-38(33)49(32)30-13-9-10-14-30)45-31-21-18-28(23-34(31)55-5)39(51)44-29-19-15-26(16-20-29)17-22-35(50)46-37(41(53)54)36(25(2)3)27-11-7-8-12-27/h18,21,23-27,29-30,32,36-37H,6-17,19-20,22H2,1-5H3,(H,44,51)(H,46,50)(H,53,54)(H,43,45,47)/t26?,29?,32-,36?,37+/m0/s1. The first-order valence-corrected chi connectivity index (χ1v) is 20.7.